The van der Waals surface area contributed by atoms with Crippen LogP contribution in [-0.4, -0.2) is 25.6 Å². The Kier molecular flexibility index (Phi) is 9.25. The highest BCUT2D eigenvalue weighted by Crippen LogP contribution is 2.25. The fourth-order valence-corrected chi connectivity index (χ4v) is 1.96. The van der Waals surface area contributed by atoms with Crippen LogP contribution >= 0.6 is 12.4 Å². The maximum Gasteiger partial charge on any atom is 0.224 e. The van der Waals surface area contributed by atoms with E-state index in [1.807, 2.05) is 19.1 Å². The van der Waals surface area contributed by atoms with Gasteiger partial charge in [-0.15, -0.1) is 12.4 Å². The van der Waals surface area contributed by atoms with Gasteiger partial charge in [0.05, 0.1) is 6.61 Å². The number of nitrogens with one attached hydrogen (secondary N) is 1. The lowest BCUT2D eigenvalue weighted by molar-refractivity contribution is -0.124. The quantitative estimate of drug-likeness (QED) is 0.762. The fraction of sp³-hybridized carbons (Fsp3) is 0.611. The first kappa shape index (κ1) is 21.7. The van der Waals surface area contributed by atoms with Crippen molar-refractivity contribution in [3.63, 3.8) is 0 Å². The van der Waals surface area contributed by atoms with Crippen LogP contribution in [0.15, 0.2) is 24.3 Å². The van der Waals surface area contributed by atoms with E-state index >= 15 is 0 Å². The molecule has 0 heterocycles. The van der Waals surface area contributed by atoms with E-state index in [-0.39, 0.29) is 29.6 Å². The average Bonchev–Trinajstić information content (AvgIpc) is 2.50. The number of ether oxygens (including phenoxy) is 1. The molecule has 0 bridgehead atoms. The number of rotatable bonds is 8. The van der Waals surface area contributed by atoms with Crippen LogP contribution < -0.4 is 15.8 Å². The summed E-state index contributed by atoms with van der Waals surface area (Å²) in [7, 11) is 0. The number of halogens is 1. The predicted octanol–water partition coefficient (Wildman–Crippen LogP) is 3.13. The summed E-state index contributed by atoms with van der Waals surface area (Å²) in [6, 6.07) is 8.11. The zero-order valence-corrected chi connectivity index (χ0v) is 15.7. The molecule has 132 valence electrons. The van der Waals surface area contributed by atoms with Gasteiger partial charge in [-0.1, -0.05) is 46.8 Å². The van der Waals surface area contributed by atoms with Crippen molar-refractivity contribution in [2.75, 3.05) is 19.7 Å². The third kappa shape index (κ3) is 7.23. The topological polar surface area (TPSA) is 64.3 Å². The van der Waals surface area contributed by atoms with Crippen LogP contribution in [0, 0.1) is 11.8 Å². The normalized spacial score (nSPS) is 12.5. The van der Waals surface area contributed by atoms with Crippen molar-refractivity contribution >= 4 is 18.3 Å². The summed E-state index contributed by atoms with van der Waals surface area (Å²) in [4.78, 5) is 11.8. The zero-order valence-electron chi connectivity index (χ0n) is 14.9. The molecular weight excluding hydrogens is 312 g/mol. The molecule has 0 aliphatic heterocycles. The molecular formula is C18H31ClN2O2. The lowest BCUT2D eigenvalue weighted by Crippen LogP contribution is -2.40. The molecule has 0 aromatic heterocycles. The first-order valence-corrected chi connectivity index (χ1v) is 7.97. The molecule has 0 radical (unpaired) electrons. The van der Waals surface area contributed by atoms with Gasteiger partial charge in [0.15, 0.2) is 0 Å². The van der Waals surface area contributed by atoms with Crippen LogP contribution in [0.2, 0.25) is 0 Å². The summed E-state index contributed by atoms with van der Waals surface area (Å²) in [6.45, 7) is 12.0. The molecule has 3 N–H and O–H groups in total. The molecule has 1 aromatic rings. The van der Waals surface area contributed by atoms with Crippen LogP contribution in [0.3, 0.4) is 0 Å². The summed E-state index contributed by atoms with van der Waals surface area (Å²) >= 11 is 0. The Hall–Kier alpha value is -1.26. The Morgan fingerprint density at radius 3 is 2.26 bits per heavy atom. The first-order valence-electron chi connectivity index (χ1n) is 7.97. The van der Waals surface area contributed by atoms with Crippen LogP contribution in [0.4, 0.5) is 0 Å². The molecule has 0 spiro atoms. The molecule has 0 saturated heterocycles. The number of nitrogens with two attached hydrogens (primary N) is 1. The molecule has 4 nitrogen and oxygen atoms in total. The predicted molar refractivity (Wildman–Crippen MR) is 98.3 cm³/mol. The maximum atomic E-state index is 11.8. The van der Waals surface area contributed by atoms with E-state index in [2.05, 4.69) is 45.1 Å². The van der Waals surface area contributed by atoms with E-state index < -0.39 is 0 Å². The summed E-state index contributed by atoms with van der Waals surface area (Å²) in [5, 5.41) is 2.98. The molecule has 1 aromatic carbocycles. The Morgan fingerprint density at radius 2 is 1.78 bits per heavy atom. The Balaban J connectivity index is 0.00000484. The lowest BCUT2D eigenvalue weighted by atomic mass is 9.84. The number of hydrogen-bond acceptors (Lipinski definition) is 3. The van der Waals surface area contributed by atoms with Crippen LogP contribution in [0.25, 0.3) is 0 Å². The van der Waals surface area contributed by atoms with Gasteiger partial charge in [-0.2, -0.15) is 0 Å². The van der Waals surface area contributed by atoms with Gasteiger partial charge >= 0.3 is 0 Å². The third-order valence-corrected chi connectivity index (χ3v) is 3.72. The van der Waals surface area contributed by atoms with E-state index in [1.165, 1.54) is 5.56 Å². The van der Waals surface area contributed by atoms with Crippen LogP contribution in [0.5, 0.6) is 5.75 Å². The van der Waals surface area contributed by atoms with Gasteiger partial charge in [0.1, 0.15) is 5.75 Å². The minimum atomic E-state index is -0.150. The van der Waals surface area contributed by atoms with Crippen molar-refractivity contribution < 1.29 is 9.53 Å². The minimum Gasteiger partial charge on any atom is -0.493 e. The van der Waals surface area contributed by atoms with E-state index in [0.29, 0.717) is 19.0 Å². The number of carbonyl (C=O) groups excluding carboxylic acids is 1. The van der Waals surface area contributed by atoms with E-state index in [9.17, 15) is 4.79 Å². The van der Waals surface area contributed by atoms with Crippen molar-refractivity contribution in [2.45, 2.75) is 40.0 Å². The average molecular weight is 343 g/mol. The lowest BCUT2D eigenvalue weighted by Gasteiger charge is -2.26. The number of carbonyl (C=O) groups is 1. The number of hydrogen-bond donors (Lipinski definition) is 2. The summed E-state index contributed by atoms with van der Waals surface area (Å²) < 4.78 is 5.70. The van der Waals surface area contributed by atoms with Gasteiger partial charge in [-0.05, 0) is 23.6 Å². The molecule has 0 aliphatic carbocycles. The molecule has 1 amide bonds. The van der Waals surface area contributed by atoms with Crippen molar-refractivity contribution in [1.82, 2.24) is 5.32 Å². The summed E-state index contributed by atoms with van der Waals surface area (Å²) in [6.07, 6.45) is 0. The summed E-state index contributed by atoms with van der Waals surface area (Å²) in [5.74, 6) is 1.25. The third-order valence-electron chi connectivity index (χ3n) is 3.72. The largest absolute Gasteiger partial charge is 0.493 e. The SMILES string of the molecule is CC(C)COc1ccc(C(C)(C)CNC(=O)C(C)CN)cc1.Cl. The molecule has 1 unspecified atom stereocenters. The highest BCUT2D eigenvalue weighted by Gasteiger charge is 2.22. The van der Waals surface area contributed by atoms with Gasteiger partial charge < -0.3 is 15.8 Å². The molecule has 23 heavy (non-hydrogen) atoms. The second-order valence-electron chi connectivity index (χ2n) is 6.97. The van der Waals surface area contributed by atoms with Crippen molar-refractivity contribution in [2.24, 2.45) is 17.6 Å². The van der Waals surface area contributed by atoms with Crippen LogP contribution in [0.1, 0.15) is 40.2 Å². The highest BCUT2D eigenvalue weighted by atomic mass is 35.5. The summed E-state index contributed by atoms with van der Waals surface area (Å²) in [5.41, 5.74) is 6.55. The van der Waals surface area contributed by atoms with Crippen molar-refractivity contribution in [3.05, 3.63) is 29.8 Å². The second kappa shape index (κ2) is 9.78. The standard InChI is InChI=1S/C18H30N2O2.ClH/c1-13(2)11-22-16-8-6-15(7-9-16)18(4,5)12-20-17(21)14(3)10-19;/h6-9,13-14H,10-12,19H2,1-5H3,(H,20,21);1H. The van der Waals surface area contributed by atoms with E-state index in [4.69, 9.17) is 10.5 Å². The van der Waals surface area contributed by atoms with E-state index in [1.54, 1.807) is 0 Å². The molecule has 0 fully saturated rings. The molecule has 0 saturated carbocycles. The Morgan fingerprint density at radius 1 is 1.22 bits per heavy atom. The van der Waals surface area contributed by atoms with E-state index in [0.717, 1.165) is 12.4 Å². The Bertz CT molecular complexity index is 472. The molecule has 1 atom stereocenters. The molecule has 1 rings (SSSR count). The van der Waals surface area contributed by atoms with Gasteiger partial charge in [0.2, 0.25) is 5.91 Å². The van der Waals surface area contributed by atoms with Crippen LogP contribution in [-0.2, 0) is 10.2 Å². The maximum absolute atomic E-state index is 11.8. The monoisotopic (exact) mass is 342 g/mol. The van der Waals surface area contributed by atoms with Gasteiger partial charge in [0, 0.05) is 24.4 Å². The molecule has 5 heteroatoms. The molecule has 0 aliphatic rings. The fourth-order valence-electron chi connectivity index (χ4n) is 1.96. The van der Waals surface area contributed by atoms with Gasteiger partial charge in [-0.3, -0.25) is 4.79 Å². The number of amides is 1. The smallest absolute Gasteiger partial charge is 0.224 e. The highest BCUT2D eigenvalue weighted by molar-refractivity contribution is 5.85. The first-order chi connectivity index (χ1) is 10.3. The zero-order chi connectivity index (χ0) is 16.8. The van der Waals surface area contributed by atoms with Gasteiger partial charge in [0.25, 0.3) is 0 Å². The second-order valence-corrected chi connectivity index (χ2v) is 6.97. The van der Waals surface area contributed by atoms with Crippen molar-refractivity contribution in [1.29, 1.82) is 0 Å². The number of benzene rings is 1. The van der Waals surface area contributed by atoms with Gasteiger partial charge in [-0.25, -0.2) is 0 Å². The Labute approximate surface area is 146 Å². The minimum absolute atomic E-state index is 0. The van der Waals surface area contributed by atoms with Crippen molar-refractivity contribution in [3.8, 4) is 5.75 Å².